The largest absolute Gasteiger partial charge is 0.459 e. The predicted molar refractivity (Wildman–Crippen MR) is 117 cm³/mol. The summed E-state index contributed by atoms with van der Waals surface area (Å²) >= 11 is 0. The summed E-state index contributed by atoms with van der Waals surface area (Å²) in [5.41, 5.74) is 2.60. The first kappa shape index (κ1) is 23.1. The van der Waals surface area contributed by atoms with Gasteiger partial charge in [-0.05, 0) is 66.3 Å². The summed E-state index contributed by atoms with van der Waals surface area (Å²) < 4.78 is 57.0. The van der Waals surface area contributed by atoms with Gasteiger partial charge in [0.15, 0.2) is 17.4 Å². The first-order valence-electron chi connectivity index (χ1n) is 10.8. The van der Waals surface area contributed by atoms with E-state index in [9.17, 15) is 17.6 Å². The van der Waals surface area contributed by atoms with Gasteiger partial charge in [-0.1, -0.05) is 56.2 Å². The molecule has 2 aromatic rings. The smallest absolute Gasteiger partial charge is 0.260 e. The Kier molecular flexibility index (Phi) is 8.33. The van der Waals surface area contributed by atoms with Crippen LogP contribution in [0, 0.1) is 17.6 Å². The van der Waals surface area contributed by atoms with E-state index in [1.807, 2.05) is 12.1 Å². The van der Waals surface area contributed by atoms with Crippen LogP contribution in [0.15, 0.2) is 48.7 Å². The van der Waals surface area contributed by atoms with Crippen molar-refractivity contribution in [3.63, 3.8) is 0 Å². The average Bonchev–Trinajstić information content (AvgIpc) is 2.75. The molecule has 0 radical (unpaired) electrons. The molecule has 0 spiro atoms. The average molecular weight is 433 g/mol. The fraction of sp³-hybridized carbons (Fsp3) is 0.385. The second-order valence-electron chi connectivity index (χ2n) is 8.10. The van der Waals surface area contributed by atoms with Crippen LogP contribution in [0.3, 0.4) is 0 Å². The molecule has 31 heavy (non-hydrogen) atoms. The van der Waals surface area contributed by atoms with Gasteiger partial charge in [0, 0.05) is 6.08 Å². The molecule has 0 amide bonds. The van der Waals surface area contributed by atoms with Crippen LogP contribution in [-0.2, 0) is 0 Å². The lowest BCUT2D eigenvalue weighted by Gasteiger charge is -2.28. The molecule has 3 rings (SSSR count). The summed E-state index contributed by atoms with van der Waals surface area (Å²) in [4.78, 5) is 0. The highest BCUT2D eigenvalue weighted by Gasteiger charge is 2.21. The van der Waals surface area contributed by atoms with Gasteiger partial charge in [0.2, 0.25) is 0 Å². The molecule has 166 valence electrons. The molecule has 2 aromatic carbocycles. The van der Waals surface area contributed by atoms with Crippen molar-refractivity contribution < 1.29 is 22.3 Å². The van der Waals surface area contributed by atoms with E-state index in [0.29, 0.717) is 23.8 Å². The van der Waals surface area contributed by atoms with E-state index in [1.54, 1.807) is 12.2 Å². The molecule has 1 aliphatic rings. The molecule has 5 heteroatoms. The topological polar surface area (TPSA) is 9.23 Å². The molecular weight excluding hydrogens is 404 g/mol. The highest BCUT2D eigenvalue weighted by Crippen LogP contribution is 2.37. The summed E-state index contributed by atoms with van der Waals surface area (Å²) in [7, 11) is 0. The highest BCUT2D eigenvalue weighted by atomic mass is 19.3. The van der Waals surface area contributed by atoms with Crippen LogP contribution in [0.5, 0.6) is 5.75 Å². The summed E-state index contributed by atoms with van der Waals surface area (Å²) in [5, 5.41) is 0. The standard InChI is InChI=1S/C26H28F4O/c1-2-3-18-6-10-21(11-7-18)22-12-8-19(9-13-22)4-5-20-16-23(27)26(24(28)17-20)31-15-14-25(29)30/h4-5,8-9,12-18,21,25H,2-3,6-7,10-11H2,1H3/b5-4+,15-14+. The lowest BCUT2D eigenvalue weighted by Crippen LogP contribution is -2.13. The molecular formula is C26H28F4O. The van der Waals surface area contributed by atoms with E-state index in [1.165, 1.54) is 44.1 Å². The Morgan fingerprint density at radius 3 is 2.13 bits per heavy atom. The number of hydrogen-bond acceptors (Lipinski definition) is 1. The lowest BCUT2D eigenvalue weighted by atomic mass is 9.77. The van der Waals surface area contributed by atoms with Crippen LogP contribution in [-0.4, -0.2) is 6.43 Å². The van der Waals surface area contributed by atoms with Gasteiger partial charge in [-0.2, -0.15) is 0 Å². The summed E-state index contributed by atoms with van der Waals surface area (Å²) in [6.45, 7) is 2.25. The van der Waals surface area contributed by atoms with Crippen molar-refractivity contribution in [3.05, 3.63) is 77.1 Å². The molecule has 0 aromatic heterocycles. The molecule has 0 aliphatic heterocycles. The summed E-state index contributed by atoms with van der Waals surface area (Å²) in [6.07, 6.45) is 9.29. The molecule has 0 saturated heterocycles. The van der Waals surface area contributed by atoms with Crippen molar-refractivity contribution in [2.75, 3.05) is 0 Å². The van der Waals surface area contributed by atoms with Crippen LogP contribution in [0.2, 0.25) is 0 Å². The minimum atomic E-state index is -2.75. The summed E-state index contributed by atoms with van der Waals surface area (Å²) in [5.74, 6) is -1.12. The zero-order valence-electron chi connectivity index (χ0n) is 17.7. The maximum Gasteiger partial charge on any atom is 0.260 e. The van der Waals surface area contributed by atoms with Gasteiger partial charge < -0.3 is 4.74 Å². The third-order valence-corrected chi connectivity index (χ3v) is 5.85. The van der Waals surface area contributed by atoms with Gasteiger partial charge in [0.1, 0.15) is 0 Å². The molecule has 0 unspecified atom stereocenters. The fourth-order valence-corrected chi connectivity index (χ4v) is 4.22. The Morgan fingerprint density at radius 1 is 0.935 bits per heavy atom. The maximum absolute atomic E-state index is 14.1. The second-order valence-corrected chi connectivity index (χ2v) is 8.10. The zero-order chi connectivity index (χ0) is 22.2. The van der Waals surface area contributed by atoms with Gasteiger partial charge in [-0.25, -0.2) is 17.6 Å². The van der Waals surface area contributed by atoms with Gasteiger partial charge in [-0.3, -0.25) is 0 Å². The molecule has 1 aliphatic carbocycles. The predicted octanol–water partition coefficient (Wildman–Crippen LogP) is 8.37. The Bertz CT molecular complexity index is 871. The number of allylic oxidation sites excluding steroid dienone is 1. The van der Waals surface area contributed by atoms with Crippen LogP contribution in [0.1, 0.15) is 68.1 Å². The van der Waals surface area contributed by atoms with Crippen molar-refractivity contribution in [2.24, 2.45) is 5.92 Å². The van der Waals surface area contributed by atoms with E-state index in [2.05, 4.69) is 23.8 Å². The van der Waals surface area contributed by atoms with E-state index in [4.69, 9.17) is 0 Å². The monoisotopic (exact) mass is 432 g/mol. The number of hydrogen-bond donors (Lipinski definition) is 0. The Balaban J connectivity index is 1.62. The van der Waals surface area contributed by atoms with Crippen LogP contribution in [0.4, 0.5) is 17.6 Å². The van der Waals surface area contributed by atoms with Crippen molar-refractivity contribution in [2.45, 2.75) is 57.8 Å². The zero-order valence-corrected chi connectivity index (χ0v) is 17.7. The van der Waals surface area contributed by atoms with Crippen molar-refractivity contribution >= 4 is 12.2 Å². The van der Waals surface area contributed by atoms with Crippen molar-refractivity contribution in [1.29, 1.82) is 0 Å². The minimum absolute atomic E-state index is 0.318. The first-order valence-corrected chi connectivity index (χ1v) is 10.8. The fourth-order valence-electron chi connectivity index (χ4n) is 4.22. The number of alkyl halides is 2. The van der Waals surface area contributed by atoms with E-state index >= 15 is 0 Å². The minimum Gasteiger partial charge on any atom is -0.459 e. The van der Waals surface area contributed by atoms with E-state index < -0.39 is 23.8 Å². The third-order valence-electron chi connectivity index (χ3n) is 5.85. The number of benzene rings is 2. The molecule has 0 atom stereocenters. The van der Waals surface area contributed by atoms with E-state index in [-0.39, 0.29) is 0 Å². The molecule has 0 N–H and O–H groups in total. The van der Waals surface area contributed by atoms with Crippen LogP contribution < -0.4 is 4.74 Å². The molecule has 1 nitrogen and oxygen atoms in total. The second kappa shape index (κ2) is 11.2. The first-order chi connectivity index (χ1) is 15.0. The van der Waals surface area contributed by atoms with Crippen LogP contribution in [0.25, 0.3) is 12.2 Å². The quantitative estimate of drug-likeness (QED) is 0.231. The lowest BCUT2D eigenvalue weighted by molar-refractivity contribution is 0.200. The van der Waals surface area contributed by atoms with Crippen molar-refractivity contribution in [1.82, 2.24) is 0 Å². The molecule has 1 saturated carbocycles. The van der Waals surface area contributed by atoms with Gasteiger partial charge in [0.25, 0.3) is 6.43 Å². The highest BCUT2D eigenvalue weighted by molar-refractivity contribution is 5.70. The Morgan fingerprint density at radius 2 is 1.55 bits per heavy atom. The van der Waals surface area contributed by atoms with Crippen LogP contribution >= 0.6 is 0 Å². The Labute approximate surface area is 181 Å². The number of rotatable bonds is 8. The van der Waals surface area contributed by atoms with E-state index in [0.717, 1.165) is 23.6 Å². The third kappa shape index (κ3) is 6.71. The molecule has 0 bridgehead atoms. The van der Waals surface area contributed by atoms with Crippen molar-refractivity contribution in [3.8, 4) is 5.75 Å². The maximum atomic E-state index is 14.1. The van der Waals surface area contributed by atoms with Gasteiger partial charge >= 0.3 is 0 Å². The summed E-state index contributed by atoms with van der Waals surface area (Å²) in [6, 6.07) is 10.5. The molecule has 0 heterocycles. The number of ether oxygens (including phenoxy) is 1. The number of halogens is 4. The SMILES string of the molecule is CCCC1CCC(c2ccc(/C=C/c3cc(F)c(O/C=C/C(F)F)c(F)c3)cc2)CC1. The van der Waals surface area contributed by atoms with Gasteiger partial charge in [-0.15, -0.1) is 0 Å². The normalized spacial score (nSPS) is 19.5. The van der Waals surface area contributed by atoms with Gasteiger partial charge in [0.05, 0.1) is 6.26 Å². The Hall–Kier alpha value is -2.56. The molecule has 1 fully saturated rings.